The van der Waals surface area contributed by atoms with Gasteiger partial charge in [0, 0.05) is 18.1 Å². The van der Waals surface area contributed by atoms with Crippen LogP contribution >= 0.6 is 11.6 Å². The van der Waals surface area contributed by atoms with Gasteiger partial charge in [-0.3, -0.25) is 4.79 Å². The molecule has 1 aliphatic rings. The van der Waals surface area contributed by atoms with Gasteiger partial charge in [-0.05, 0) is 49.5 Å². The van der Waals surface area contributed by atoms with E-state index in [-0.39, 0.29) is 18.5 Å². The van der Waals surface area contributed by atoms with Crippen molar-refractivity contribution in [3.63, 3.8) is 0 Å². The summed E-state index contributed by atoms with van der Waals surface area (Å²) in [7, 11) is 0. The van der Waals surface area contributed by atoms with Gasteiger partial charge in [0.05, 0.1) is 6.54 Å². The highest BCUT2D eigenvalue weighted by Crippen LogP contribution is 2.10. The summed E-state index contributed by atoms with van der Waals surface area (Å²) in [5, 5.41) is 12.0. The first-order chi connectivity index (χ1) is 11.1. The SMILES string of the molecule is O=C(CNC(=O)NCc1ccc(Cl)cc1)NCCC1CCNC1. The Labute approximate surface area is 141 Å². The van der Waals surface area contributed by atoms with E-state index < -0.39 is 0 Å². The highest BCUT2D eigenvalue weighted by atomic mass is 35.5. The smallest absolute Gasteiger partial charge is 0.315 e. The van der Waals surface area contributed by atoms with Crippen LogP contribution in [0.15, 0.2) is 24.3 Å². The number of carbonyl (C=O) groups is 2. The Balaban J connectivity index is 1.54. The predicted octanol–water partition coefficient (Wildman–Crippen LogP) is 1.25. The van der Waals surface area contributed by atoms with Crippen molar-refractivity contribution in [1.82, 2.24) is 21.3 Å². The summed E-state index contributed by atoms with van der Waals surface area (Å²) in [6.45, 7) is 3.11. The summed E-state index contributed by atoms with van der Waals surface area (Å²) in [6, 6.07) is 6.85. The lowest BCUT2D eigenvalue weighted by atomic mass is 10.1. The molecule has 1 fully saturated rings. The molecule has 1 unspecified atom stereocenters. The molecule has 1 aromatic carbocycles. The molecular weight excluding hydrogens is 316 g/mol. The van der Waals surface area contributed by atoms with E-state index in [1.165, 1.54) is 6.42 Å². The summed E-state index contributed by atoms with van der Waals surface area (Å²) in [6.07, 6.45) is 2.14. The van der Waals surface area contributed by atoms with Crippen molar-refractivity contribution >= 4 is 23.5 Å². The highest BCUT2D eigenvalue weighted by Gasteiger charge is 2.14. The number of rotatable bonds is 7. The molecule has 1 heterocycles. The molecule has 2 rings (SSSR count). The summed E-state index contributed by atoms with van der Waals surface area (Å²) in [5.74, 6) is 0.475. The van der Waals surface area contributed by atoms with E-state index in [1.54, 1.807) is 12.1 Å². The van der Waals surface area contributed by atoms with Gasteiger partial charge in [-0.1, -0.05) is 23.7 Å². The fourth-order valence-electron chi connectivity index (χ4n) is 2.45. The number of amides is 3. The fourth-order valence-corrected chi connectivity index (χ4v) is 2.57. The monoisotopic (exact) mass is 338 g/mol. The van der Waals surface area contributed by atoms with Crippen LogP contribution in [0.25, 0.3) is 0 Å². The topological polar surface area (TPSA) is 82.3 Å². The molecule has 1 saturated heterocycles. The maximum Gasteiger partial charge on any atom is 0.315 e. The van der Waals surface area contributed by atoms with Crippen LogP contribution in [-0.4, -0.2) is 38.1 Å². The minimum absolute atomic E-state index is 0.0185. The molecule has 3 amide bonds. The van der Waals surface area contributed by atoms with Crippen molar-refractivity contribution in [2.45, 2.75) is 19.4 Å². The van der Waals surface area contributed by atoms with Crippen LogP contribution in [0, 0.1) is 5.92 Å². The number of hydrogen-bond acceptors (Lipinski definition) is 3. The molecule has 0 spiro atoms. The summed E-state index contributed by atoms with van der Waals surface area (Å²) < 4.78 is 0. The Morgan fingerprint density at radius 2 is 1.96 bits per heavy atom. The van der Waals surface area contributed by atoms with Crippen LogP contribution in [0.4, 0.5) is 4.79 Å². The van der Waals surface area contributed by atoms with Crippen molar-refractivity contribution in [2.24, 2.45) is 5.92 Å². The first-order valence-electron chi connectivity index (χ1n) is 7.87. The van der Waals surface area contributed by atoms with Crippen molar-refractivity contribution in [1.29, 1.82) is 0 Å². The van der Waals surface area contributed by atoms with Gasteiger partial charge in [0.2, 0.25) is 5.91 Å². The van der Waals surface area contributed by atoms with E-state index in [0.29, 0.717) is 24.0 Å². The van der Waals surface area contributed by atoms with Crippen LogP contribution < -0.4 is 21.3 Å². The lowest BCUT2D eigenvalue weighted by Crippen LogP contribution is -2.42. The highest BCUT2D eigenvalue weighted by molar-refractivity contribution is 6.30. The molecule has 126 valence electrons. The van der Waals surface area contributed by atoms with E-state index in [4.69, 9.17) is 11.6 Å². The summed E-state index contributed by atoms with van der Waals surface area (Å²) in [5.41, 5.74) is 0.944. The molecule has 4 N–H and O–H groups in total. The van der Waals surface area contributed by atoms with E-state index >= 15 is 0 Å². The molecule has 23 heavy (non-hydrogen) atoms. The van der Waals surface area contributed by atoms with E-state index in [1.807, 2.05) is 12.1 Å². The van der Waals surface area contributed by atoms with Gasteiger partial charge in [-0.25, -0.2) is 4.79 Å². The third-order valence-electron chi connectivity index (χ3n) is 3.81. The summed E-state index contributed by atoms with van der Waals surface area (Å²) >= 11 is 5.79. The van der Waals surface area contributed by atoms with Gasteiger partial charge in [0.1, 0.15) is 0 Å². The maximum atomic E-state index is 11.6. The molecule has 6 nitrogen and oxygen atoms in total. The Hall–Kier alpha value is -1.79. The number of benzene rings is 1. The van der Waals surface area contributed by atoms with E-state index in [0.717, 1.165) is 25.1 Å². The molecule has 1 atom stereocenters. The van der Waals surface area contributed by atoms with Gasteiger partial charge in [-0.15, -0.1) is 0 Å². The minimum atomic E-state index is -0.366. The van der Waals surface area contributed by atoms with Crippen molar-refractivity contribution < 1.29 is 9.59 Å². The number of hydrogen-bond donors (Lipinski definition) is 4. The van der Waals surface area contributed by atoms with Crippen LogP contribution in [0.5, 0.6) is 0 Å². The van der Waals surface area contributed by atoms with Crippen LogP contribution in [0.1, 0.15) is 18.4 Å². The van der Waals surface area contributed by atoms with Crippen molar-refractivity contribution in [2.75, 3.05) is 26.2 Å². The first-order valence-corrected chi connectivity index (χ1v) is 8.25. The van der Waals surface area contributed by atoms with Gasteiger partial charge in [0.15, 0.2) is 0 Å². The Morgan fingerprint density at radius 1 is 1.17 bits per heavy atom. The molecule has 0 aromatic heterocycles. The third kappa shape index (κ3) is 6.88. The first kappa shape index (κ1) is 17.6. The van der Waals surface area contributed by atoms with Gasteiger partial charge in [-0.2, -0.15) is 0 Å². The maximum absolute atomic E-state index is 11.6. The van der Waals surface area contributed by atoms with Crippen LogP contribution in [0.3, 0.4) is 0 Å². The van der Waals surface area contributed by atoms with Crippen molar-refractivity contribution in [3.05, 3.63) is 34.9 Å². The van der Waals surface area contributed by atoms with Crippen LogP contribution in [0.2, 0.25) is 5.02 Å². The average Bonchev–Trinajstić information content (AvgIpc) is 3.06. The Bertz CT molecular complexity index is 515. The number of nitrogens with one attached hydrogen (secondary N) is 4. The second-order valence-corrected chi connectivity index (χ2v) is 6.10. The molecule has 0 bridgehead atoms. The number of carbonyl (C=O) groups excluding carboxylic acids is 2. The summed E-state index contributed by atoms with van der Waals surface area (Å²) in [4.78, 5) is 23.3. The fraction of sp³-hybridized carbons (Fsp3) is 0.500. The zero-order chi connectivity index (χ0) is 16.5. The molecule has 7 heteroatoms. The minimum Gasteiger partial charge on any atom is -0.355 e. The van der Waals surface area contributed by atoms with Gasteiger partial charge < -0.3 is 21.3 Å². The Morgan fingerprint density at radius 3 is 2.65 bits per heavy atom. The second kappa shape index (κ2) is 9.37. The standard InChI is InChI=1S/C16H23ClN4O2/c17-14-3-1-12(2-4-14)10-20-16(23)21-11-15(22)19-8-6-13-5-7-18-9-13/h1-4,13,18H,5-11H2,(H,19,22)(H2,20,21,23). The molecular formula is C16H23ClN4O2. The zero-order valence-corrected chi connectivity index (χ0v) is 13.8. The predicted molar refractivity (Wildman–Crippen MR) is 90.3 cm³/mol. The number of urea groups is 1. The normalized spacial score (nSPS) is 16.8. The molecule has 0 saturated carbocycles. The Kier molecular flexibility index (Phi) is 7.16. The average molecular weight is 339 g/mol. The zero-order valence-electron chi connectivity index (χ0n) is 13.0. The molecule has 1 aromatic rings. The van der Waals surface area contributed by atoms with Gasteiger partial charge >= 0.3 is 6.03 Å². The largest absolute Gasteiger partial charge is 0.355 e. The molecule has 1 aliphatic heterocycles. The lowest BCUT2D eigenvalue weighted by Gasteiger charge is -2.10. The number of halogens is 1. The lowest BCUT2D eigenvalue weighted by molar-refractivity contribution is -0.120. The van der Waals surface area contributed by atoms with Crippen molar-refractivity contribution in [3.8, 4) is 0 Å². The quantitative estimate of drug-likeness (QED) is 0.604. The molecule has 0 aliphatic carbocycles. The second-order valence-electron chi connectivity index (χ2n) is 5.66. The van der Waals surface area contributed by atoms with E-state index in [2.05, 4.69) is 21.3 Å². The third-order valence-corrected chi connectivity index (χ3v) is 4.06. The van der Waals surface area contributed by atoms with Crippen LogP contribution in [-0.2, 0) is 11.3 Å². The van der Waals surface area contributed by atoms with E-state index in [9.17, 15) is 9.59 Å². The molecule has 0 radical (unpaired) electrons. The van der Waals surface area contributed by atoms with Gasteiger partial charge in [0.25, 0.3) is 0 Å².